The molecule has 2 rings (SSSR count). The van der Waals surface area contributed by atoms with Gasteiger partial charge >= 0.3 is 0 Å². The molecule has 0 unspecified atom stereocenters. The van der Waals surface area contributed by atoms with E-state index < -0.39 is 0 Å². The van der Waals surface area contributed by atoms with Gasteiger partial charge < -0.3 is 4.74 Å². The molecule has 0 bridgehead atoms. The highest BCUT2D eigenvalue weighted by Crippen LogP contribution is 2.16. The Bertz CT molecular complexity index is 722. The maximum atomic E-state index is 12.3. The van der Waals surface area contributed by atoms with E-state index in [1.807, 2.05) is 37.3 Å². The predicted molar refractivity (Wildman–Crippen MR) is 82.1 cm³/mol. The summed E-state index contributed by atoms with van der Waals surface area (Å²) >= 11 is 0. The first-order chi connectivity index (χ1) is 10.1. The van der Waals surface area contributed by atoms with Crippen molar-refractivity contribution in [3.8, 4) is 11.8 Å². The number of methoxy groups -OCH3 is 1. The van der Waals surface area contributed by atoms with Crippen LogP contribution in [-0.2, 0) is 0 Å². The molecule has 0 aliphatic carbocycles. The van der Waals surface area contributed by atoms with Crippen LogP contribution < -0.4 is 4.74 Å². The highest BCUT2D eigenvalue weighted by Gasteiger charge is 2.12. The maximum Gasteiger partial charge on any atom is 0.203 e. The first kappa shape index (κ1) is 14.5. The van der Waals surface area contributed by atoms with Crippen LogP contribution >= 0.6 is 0 Å². The van der Waals surface area contributed by atoms with Gasteiger partial charge in [0.05, 0.1) is 7.11 Å². The lowest BCUT2D eigenvalue weighted by atomic mass is 10.0. The smallest absolute Gasteiger partial charge is 0.203 e. The van der Waals surface area contributed by atoms with Gasteiger partial charge in [-0.15, -0.1) is 0 Å². The summed E-state index contributed by atoms with van der Waals surface area (Å²) in [6.07, 6.45) is 1.61. The molecule has 0 atom stereocenters. The zero-order valence-corrected chi connectivity index (χ0v) is 12.0. The summed E-state index contributed by atoms with van der Waals surface area (Å²) in [6, 6.07) is 16.4. The van der Waals surface area contributed by atoms with Crippen LogP contribution in [0.4, 0.5) is 0 Å². The van der Waals surface area contributed by atoms with E-state index in [1.165, 1.54) is 0 Å². The van der Waals surface area contributed by atoms with Crippen molar-refractivity contribution in [2.45, 2.75) is 6.92 Å². The van der Waals surface area contributed by atoms with Crippen molar-refractivity contribution in [3.63, 3.8) is 0 Å². The summed E-state index contributed by atoms with van der Waals surface area (Å²) in [4.78, 5) is 12.3. The Morgan fingerprint density at radius 3 is 2.48 bits per heavy atom. The average Bonchev–Trinajstić information content (AvgIpc) is 2.52. The second-order valence-electron chi connectivity index (χ2n) is 4.64. The SMILES string of the molecule is COc1ccc(C(=O)C(C#N)=Cc2cccc(C)c2)cc1. The minimum Gasteiger partial charge on any atom is -0.497 e. The van der Waals surface area contributed by atoms with Crippen molar-refractivity contribution in [1.29, 1.82) is 5.26 Å². The van der Waals surface area contributed by atoms with Crippen molar-refractivity contribution >= 4 is 11.9 Å². The van der Waals surface area contributed by atoms with E-state index in [0.29, 0.717) is 11.3 Å². The minimum absolute atomic E-state index is 0.116. The van der Waals surface area contributed by atoms with Crippen molar-refractivity contribution < 1.29 is 9.53 Å². The molecule has 0 saturated heterocycles. The lowest BCUT2D eigenvalue weighted by molar-refractivity contribution is 0.104. The highest BCUT2D eigenvalue weighted by atomic mass is 16.5. The molecule has 0 spiro atoms. The Hall–Kier alpha value is -2.86. The van der Waals surface area contributed by atoms with Gasteiger partial charge in [-0.2, -0.15) is 5.26 Å². The summed E-state index contributed by atoms with van der Waals surface area (Å²) in [5.74, 6) is 0.384. The largest absolute Gasteiger partial charge is 0.497 e. The molecule has 2 aromatic carbocycles. The summed E-state index contributed by atoms with van der Waals surface area (Å²) in [5.41, 5.74) is 2.51. The van der Waals surface area contributed by atoms with Crippen LogP contribution in [0.1, 0.15) is 21.5 Å². The normalized spacial score (nSPS) is 10.8. The van der Waals surface area contributed by atoms with Gasteiger partial charge in [0.2, 0.25) is 5.78 Å². The summed E-state index contributed by atoms with van der Waals surface area (Å²) in [5, 5.41) is 9.23. The molecule has 0 aliphatic rings. The van der Waals surface area contributed by atoms with E-state index >= 15 is 0 Å². The van der Waals surface area contributed by atoms with Crippen LogP contribution in [0.3, 0.4) is 0 Å². The second kappa shape index (κ2) is 6.53. The summed E-state index contributed by atoms with van der Waals surface area (Å²) in [7, 11) is 1.56. The third kappa shape index (κ3) is 3.58. The van der Waals surface area contributed by atoms with E-state index in [2.05, 4.69) is 0 Å². The second-order valence-corrected chi connectivity index (χ2v) is 4.64. The Kier molecular flexibility index (Phi) is 4.53. The Balaban J connectivity index is 2.32. The van der Waals surface area contributed by atoms with Crippen LogP contribution in [0.2, 0.25) is 0 Å². The molecule has 0 amide bonds. The van der Waals surface area contributed by atoms with Gasteiger partial charge in [0.15, 0.2) is 0 Å². The summed E-state index contributed by atoms with van der Waals surface area (Å²) < 4.78 is 5.05. The van der Waals surface area contributed by atoms with Crippen LogP contribution in [0, 0.1) is 18.3 Å². The fourth-order valence-corrected chi connectivity index (χ4v) is 1.97. The zero-order valence-electron chi connectivity index (χ0n) is 12.0. The Morgan fingerprint density at radius 1 is 1.19 bits per heavy atom. The quantitative estimate of drug-likeness (QED) is 0.485. The Morgan fingerprint density at radius 2 is 1.90 bits per heavy atom. The van der Waals surface area contributed by atoms with E-state index in [9.17, 15) is 10.1 Å². The van der Waals surface area contributed by atoms with Crippen LogP contribution in [0.25, 0.3) is 6.08 Å². The first-order valence-corrected chi connectivity index (χ1v) is 6.51. The number of allylic oxidation sites excluding steroid dienone is 1. The molecule has 0 aliphatic heterocycles. The molecule has 3 heteroatoms. The number of carbonyl (C=O) groups excluding carboxylic acids is 1. The molecular formula is C18H15NO2. The predicted octanol–water partition coefficient (Wildman–Crippen LogP) is 3.79. The first-order valence-electron chi connectivity index (χ1n) is 6.51. The van der Waals surface area contributed by atoms with E-state index in [-0.39, 0.29) is 11.4 Å². The third-order valence-corrected chi connectivity index (χ3v) is 3.07. The number of ketones is 1. The van der Waals surface area contributed by atoms with Gasteiger partial charge in [-0.05, 0) is 42.8 Å². The van der Waals surface area contributed by atoms with Gasteiger partial charge in [-0.3, -0.25) is 4.79 Å². The van der Waals surface area contributed by atoms with Crippen molar-refractivity contribution in [1.82, 2.24) is 0 Å². The van der Waals surface area contributed by atoms with Gasteiger partial charge in [0, 0.05) is 5.56 Å². The number of rotatable bonds is 4. The molecule has 0 fully saturated rings. The molecule has 0 N–H and O–H groups in total. The summed E-state index contributed by atoms with van der Waals surface area (Å²) in [6.45, 7) is 1.97. The van der Waals surface area contributed by atoms with Crippen molar-refractivity contribution in [3.05, 3.63) is 70.8 Å². The molecular weight excluding hydrogens is 262 g/mol. The monoisotopic (exact) mass is 277 g/mol. The van der Waals surface area contributed by atoms with Gasteiger partial charge in [-0.1, -0.05) is 29.8 Å². The van der Waals surface area contributed by atoms with Crippen molar-refractivity contribution in [2.24, 2.45) is 0 Å². The fourth-order valence-electron chi connectivity index (χ4n) is 1.97. The van der Waals surface area contributed by atoms with Crippen LogP contribution in [0.15, 0.2) is 54.1 Å². The minimum atomic E-state index is -0.290. The lowest BCUT2D eigenvalue weighted by Gasteiger charge is -2.03. The van der Waals surface area contributed by atoms with Crippen LogP contribution in [0.5, 0.6) is 5.75 Å². The molecule has 3 nitrogen and oxygen atoms in total. The zero-order chi connectivity index (χ0) is 15.2. The van der Waals surface area contributed by atoms with E-state index in [4.69, 9.17) is 4.74 Å². The number of hydrogen-bond acceptors (Lipinski definition) is 3. The van der Waals surface area contributed by atoms with Gasteiger partial charge in [0.1, 0.15) is 17.4 Å². The highest BCUT2D eigenvalue weighted by molar-refractivity contribution is 6.14. The number of ether oxygens (including phenoxy) is 1. The van der Waals surface area contributed by atoms with Crippen molar-refractivity contribution in [2.75, 3.05) is 7.11 Å². The Labute approximate surface area is 124 Å². The van der Waals surface area contributed by atoms with Gasteiger partial charge in [0.25, 0.3) is 0 Å². The molecule has 0 saturated carbocycles. The molecule has 0 aromatic heterocycles. The third-order valence-electron chi connectivity index (χ3n) is 3.07. The number of hydrogen-bond donors (Lipinski definition) is 0. The lowest BCUT2D eigenvalue weighted by Crippen LogP contribution is -2.01. The maximum absolute atomic E-state index is 12.3. The average molecular weight is 277 g/mol. The topological polar surface area (TPSA) is 50.1 Å². The van der Waals surface area contributed by atoms with Crippen LogP contribution in [-0.4, -0.2) is 12.9 Å². The molecule has 2 aromatic rings. The number of aryl methyl sites for hydroxylation is 1. The number of benzene rings is 2. The fraction of sp³-hybridized carbons (Fsp3) is 0.111. The number of Topliss-reactive ketones (excluding diaryl/α,β-unsaturated/α-hetero) is 1. The van der Waals surface area contributed by atoms with E-state index in [1.54, 1.807) is 37.5 Å². The number of nitriles is 1. The standard InChI is InChI=1S/C18H15NO2/c1-13-4-3-5-14(10-13)11-16(12-19)18(20)15-6-8-17(21-2)9-7-15/h3-11H,1-2H3. The molecule has 104 valence electrons. The van der Waals surface area contributed by atoms with E-state index in [0.717, 1.165) is 11.1 Å². The number of nitrogens with zero attached hydrogens (tertiary/aromatic N) is 1. The molecule has 21 heavy (non-hydrogen) atoms. The molecule has 0 heterocycles. The number of carbonyl (C=O) groups is 1. The van der Waals surface area contributed by atoms with Gasteiger partial charge in [-0.25, -0.2) is 0 Å². The molecule has 0 radical (unpaired) electrons.